The van der Waals surface area contributed by atoms with E-state index in [-0.39, 0.29) is 5.02 Å². The lowest BCUT2D eigenvalue weighted by Crippen LogP contribution is -2.03. The highest BCUT2D eigenvalue weighted by molar-refractivity contribution is 6.30. The standard InChI is InChI=1S/C16H16ClFO2/c1-10-3-5-12(9-16(10)20-2)15(19)8-11-4-6-13(17)14(18)7-11/h3-7,9,15,19H,8H2,1-2H3. The second-order valence-corrected chi connectivity index (χ2v) is 5.10. The van der Waals surface area contributed by atoms with Gasteiger partial charge in [-0.1, -0.05) is 29.8 Å². The molecule has 2 nitrogen and oxygen atoms in total. The first-order chi connectivity index (χ1) is 9.51. The fourth-order valence-electron chi connectivity index (χ4n) is 2.05. The predicted molar refractivity (Wildman–Crippen MR) is 77.8 cm³/mol. The first kappa shape index (κ1) is 14.8. The second kappa shape index (κ2) is 6.25. The van der Waals surface area contributed by atoms with Gasteiger partial charge in [0.05, 0.1) is 18.2 Å². The van der Waals surface area contributed by atoms with Crippen molar-refractivity contribution in [2.24, 2.45) is 0 Å². The predicted octanol–water partition coefficient (Wildman–Crippen LogP) is 4.07. The molecule has 0 spiro atoms. The maximum atomic E-state index is 13.4. The van der Waals surface area contributed by atoms with Crippen LogP contribution in [0.2, 0.25) is 5.02 Å². The van der Waals surface area contributed by atoms with Crippen LogP contribution < -0.4 is 4.74 Å². The van der Waals surface area contributed by atoms with E-state index in [1.54, 1.807) is 19.2 Å². The molecule has 4 heteroatoms. The van der Waals surface area contributed by atoms with E-state index in [2.05, 4.69) is 0 Å². The van der Waals surface area contributed by atoms with Crippen molar-refractivity contribution in [1.82, 2.24) is 0 Å². The van der Waals surface area contributed by atoms with Gasteiger partial charge in [-0.25, -0.2) is 4.39 Å². The van der Waals surface area contributed by atoms with Crippen LogP contribution in [0.4, 0.5) is 4.39 Å². The lowest BCUT2D eigenvalue weighted by molar-refractivity contribution is 0.178. The molecular weight excluding hydrogens is 279 g/mol. The van der Waals surface area contributed by atoms with Crippen molar-refractivity contribution in [2.45, 2.75) is 19.4 Å². The number of benzene rings is 2. The van der Waals surface area contributed by atoms with E-state index < -0.39 is 11.9 Å². The third-order valence-electron chi connectivity index (χ3n) is 3.23. The van der Waals surface area contributed by atoms with Crippen molar-refractivity contribution < 1.29 is 14.2 Å². The van der Waals surface area contributed by atoms with Crippen LogP contribution in [0.25, 0.3) is 0 Å². The molecule has 0 amide bonds. The summed E-state index contributed by atoms with van der Waals surface area (Å²) < 4.78 is 18.6. The highest BCUT2D eigenvalue weighted by atomic mass is 35.5. The van der Waals surface area contributed by atoms with Gasteiger partial charge in [0.25, 0.3) is 0 Å². The van der Waals surface area contributed by atoms with E-state index in [9.17, 15) is 9.50 Å². The normalized spacial score (nSPS) is 12.2. The van der Waals surface area contributed by atoms with Crippen molar-refractivity contribution >= 4 is 11.6 Å². The molecule has 2 aromatic carbocycles. The molecule has 2 rings (SSSR count). The van der Waals surface area contributed by atoms with Gasteiger partial charge < -0.3 is 9.84 Å². The summed E-state index contributed by atoms with van der Waals surface area (Å²) in [6.07, 6.45) is -0.398. The third-order valence-corrected chi connectivity index (χ3v) is 3.54. The van der Waals surface area contributed by atoms with E-state index in [4.69, 9.17) is 16.3 Å². The van der Waals surface area contributed by atoms with Gasteiger partial charge in [0.2, 0.25) is 0 Å². The van der Waals surface area contributed by atoms with Crippen LogP contribution in [0.1, 0.15) is 22.8 Å². The Morgan fingerprint density at radius 3 is 2.65 bits per heavy atom. The Kier molecular flexibility index (Phi) is 4.63. The number of hydrogen-bond acceptors (Lipinski definition) is 2. The first-order valence-corrected chi connectivity index (χ1v) is 6.65. The van der Waals surface area contributed by atoms with Crippen LogP contribution >= 0.6 is 11.6 Å². The Bertz CT molecular complexity index is 613. The zero-order valence-electron chi connectivity index (χ0n) is 11.4. The SMILES string of the molecule is COc1cc(C(O)Cc2ccc(Cl)c(F)c2)ccc1C. The van der Waals surface area contributed by atoms with Gasteiger partial charge in [0.15, 0.2) is 0 Å². The Hall–Kier alpha value is -1.58. The summed E-state index contributed by atoms with van der Waals surface area (Å²) in [6.45, 7) is 1.93. The highest BCUT2D eigenvalue weighted by Gasteiger charge is 2.12. The molecule has 1 atom stereocenters. The van der Waals surface area contributed by atoms with Gasteiger partial charge in [0, 0.05) is 6.42 Å². The van der Waals surface area contributed by atoms with E-state index in [0.29, 0.717) is 12.0 Å². The molecule has 106 valence electrons. The van der Waals surface area contributed by atoms with Crippen molar-refractivity contribution in [3.8, 4) is 5.75 Å². The molecule has 2 aromatic rings. The van der Waals surface area contributed by atoms with Crippen molar-refractivity contribution in [1.29, 1.82) is 0 Å². The molecule has 0 saturated carbocycles. The maximum Gasteiger partial charge on any atom is 0.142 e. The molecule has 0 aliphatic rings. The number of aliphatic hydroxyl groups excluding tert-OH is 1. The fraction of sp³-hybridized carbons (Fsp3) is 0.250. The van der Waals surface area contributed by atoms with Crippen LogP contribution in [0.15, 0.2) is 36.4 Å². The Morgan fingerprint density at radius 2 is 2.00 bits per heavy atom. The lowest BCUT2D eigenvalue weighted by atomic mass is 10.00. The van der Waals surface area contributed by atoms with E-state index in [1.807, 2.05) is 19.1 Å². The smallest absolute Gasteiger partial charge is 0.142 e. The largest absolute Gasteiger partial charge is 0.496 e. The minimum absolute atomic E-state index is 0.0836. The molecule has 0 aliphatic heterocycles. The summed E-state index contributed by atoms with van der Waals surface area (Å²) in [5, 5.41) is 10.3. The van der Waals surface area contributed by atoms with Crippen molar-refractivity contribution in [3.05, 3.63) is 63.9 Å². The molecule has 0 saturated heterocycles. The van der Waals surface area contributed by atoms with Gasteiger partial charge in [-0.05, 0) is 41.8 Å². The van der Waals surface area contributed by atoms with E-state index in [1.165, 1.54) is 12.1 Å². The number of rotatable bonds is 4. The average Bonchev–Trinajstić information content (AvgIpc) is 2.43. The van der Waals surface area contributed by atoms with Crippen LogP contribution in [0.5, 0.6) is 5.75 Å². The first-order valence-electron chi connectivity index (χ1n) is 6.28. The Morgan fingerprint density at radius 1 is 1.25 bits per heavy atom. The minimum atomic E-state index is -0.718. The lowest BCUT2D eigenvalue weighted by Gasteiger charge is -2.14. The molecule has 0 aliphatic carbocycles. The quantitative estimate of drug-likeness (QED) is 0.921. The highest BCUT2D eigenvalue weighted by Crippen LogP contribution is 2.26. The van der Waals surface area contributed by atoms with E-state index in [0.717, 1.165) is 16.9 Å². The molecular formula is C16H16ClFO2. The monoisotopic (exact) mass is 294 g/mol. The number of halogens is 2. The second-order valence-electron chi connectivity index (χ2n) is 4.70. The summed E-state index contributed by atoms with van der Waals surface area (Å²) >= 11 is 5.64. The zero-order chi connectivity index (χ0) is 14.7. The van der Waals surface area contributed by atoms with Crippen molar-refractivity contribution in [2.75, 3.05) is 7.11 Å². The molecule has 1 N–H and O–H groups in total. The summed E-state index contributed by atoms with van der Waals surface area (Å²) in [4.78, 5) is 0. The number of hydrogen-bond donors (Lipinski definition) is 1. The summed E-state index contributed by atoms with van der Waals surface area (Å²) in [5.41, 5.74) is 2.43. The third kappa shape index (κ3) is 3.30. The summed E-state index contributed by atoms with van der Waals surface area (Å²) in [5.74, 6) is 0.252. The molecule has 0 fully saturated rings. The van der Waals surface area contributed by atoms with Crippen molar-refractivity contribution in [3.63, 3.8) is 0 Å². The molecule has 0 bridgehead atoms. The number of aliphatic hydroxyl groups is 1. The Labute approximate surface area is 122 Å². The zero-order valence-corrected chi connectivity index (χ0v) is 12.1. The van der Waals surface area contributed by atoms with Crippen LogP contribution in [-0.4, -0.2) is 12.2 Å². The number of methoxy groups -OCH3 is 1. The van der Waals surface area contributed by atoms with Crippen LogP contribution in [0, 0.1) is 12.7 Å². The fourth-order valence-corrected chi connectivity index (χ4v) is 2.17. The minimum Gasteiger partial charge on any atom is -0.496 e. The van der Waals surface area contributed by atoms with Gasteiger partial charge in [0.1, 0.15) is 11.6 Å². The topological polar surface area (TPSA) is 29.5 Å². The van der Waals surface area contributed by atoms with Gasteiger partial charge in [-0.2, -0.15) is 0 Å². The number of aryl methyl sites for hydroxylation is 1. The summed E-state index contributed by atoms with van der Waals surface area (Å²) in [7, 11) is 1.59. The van der Waals surface area contributed by atoms with Gasteiger partial charge in [-0.3, -0.25) is 0 Å². The molecule has 1 unspecified atom stereocenters. The van der Waals surface area contributed by atoms with E-state index >= 15 is 0 Å². The Balaban J connectivity index is 2.19. The van der Waals surface area contributed by atoms with Gasteiger partial charge in [-0.15, -0.1) is 0 Å². The van der Waals surface area contributed by atoms with Gasteiger partial charge >= 0.3 is 0 Å². The molecule has 0 heterocycles. The molecule has 20 heavy (non-hydrogen) atoms. The number of ether oxygens (including phenoxy) is 1. The average molecular weight is 295 g/mol. The van der Waals surface area contributed by atoms with Crippen LogP contribution in [-0.2, 0) is 6.42 Å². The summed E-state index contributed by atoms with van der Waals surface area (Å²) in [6, 6.07) is 10.1. The molecule has 0 radical (unpaired) electrons. The molecule has 0 aromatic heterocycles. The van der Waals surface area contributed by atoms with Crippen LogP contribution in [0.3, 0.4) is 0 Å². The maximum absolute atomic E-state index is 13.4.